The molecule has 38 heavy (non-hydrogen) atoms. The molecule has 2 aromatic carbocycles. The van der Waals surface area contributed by atoms with E-state index < -0.39 is 24.1 Å². The number of allylic oxidation sites excluding steroid dienone is 2. The molecule has 0 radical (unpaired) electrons. The molecule has 0 fully saturated rings. The second kappa shape index (κ2) is 15.9. The van der Waals surface area contributed by atoms with Crippen LogP contribution in [0.25, 0.3) is 5.57 Å². The quantitative estimate of drug-likeness (QED) is 0.293. The van der Waals surface area contributed by atoms with Gasteiger partial charge >= 0.3 is 5.97 Å². The molecule has 0 saturated heterocycles. The average molecular weight is 526 g/mol. The molecule has 0 spiro atoms. The fraction of sp³-hybridized carbons (Fsp3) is 0.484. The van der Waals surface area contributed by atoms with E-state index in [-0.39, 0.29) is 6.61 Å². The fourth-order valence-corrected chi connectivity index (χ4v) is 4.15. The Balaban J connectivity index is 1.78. The van der Waals surface area contributed by atoms with Crippen molar-refractivity contribution in [2.45, 2.75) is 71.5 Å². The third-order valence-electron chi connectivity index (χ3n) is 6.83. The van der Waals surface area contributed by atoms with Crippen LogP contribution in [0.2, 0.25) is 0 Å². The van der Waals surface area contributed by atoms with E-state index >= 15 is 0 Å². The van der Waals surface area contributed by atoms with E-state index in [9.17, 15) is 19.8 Å². The number of aryl methyl sites for hydroxylation is 3. The van der Waals surface area contributed by atoms with Crippen LogP contribution in [-0.2, 0) is 20.7 Å². The topological polar surface area (TPSA) is 96.3 Å². The van der Waals surface area contributed by atoms with Crippen molar-refractivity contribution in [2.75, 3.05) is 27.3 Å². The Bertz CT molecular complexity index is 1060. The van der Waals surface area contributed by atoms with E-state index in [4.69, 9.17) is 9.47 Å². The molecule has 0 aliphatic heterocycles. The number of hydrogen-bond acceptors (Lipinski definition) is 5. The molecule has 2 unspecified atom stereocenters. The maximum atomic E-state index is 12.9. The first kappa shape index (κ1) is 31.1. The smallest absolute Gasteiger partial charge is 0.335 e. The molecule has 0 saturated carbocycles. The van der Waals surface area contributed by atoms with E-state index in [1.54, 1.807) is 14.2 Å². The van der Waals surface area contributed by atoms with Gasteiger partial charge in [-0.15, -0.1) is 0 Å². The second-order valence-electron chi connectivity index (χ2n) is 9.82. The molecule has 0 aromatic heterocycles. The Morgan fingerprint density at radius 2 is 1.71 bits per heavy atom. The number of carboxylic acid groups (broad SMARTS) is 1. The van der Waals surface area contributed by atoms with E-state index in [0.29, 0.717) is 19.4 Å². The highest BCUT2D eigenvalue weighted by atomic mass is 16.5. The van der Waals surface area contributed by atoms with Gasteiger partial charge in [0.15, 0.2) is 12.2 Å². The number of methoxy groups -OCH3 is 1. The number of aliphatic hydroxyl groups excluding tert-OH is 1. The van der Waals surface area contributed by atoms with Gasteiger partial charge in [0.25, 0.3) is 5.91 Å². The van der Waals surface area contributed by atoms with Crippen LogP contribution in [-0.4, -0.2) is 66.5 Å². The molecule has 0 aliphatic carbocycles. The summed E-state index contributed by atoms with van der Waals surface area (Å²) in [6.45, 7) is 6.87. The SMILES string of the molecule is COc1ccc(C(C)=CCCCN(C)C(=O)C(OCCCCCc2ccc(C)c(C)c2)C(O)C(=O)O)cc1. The third-order valence-corrected chi connectivity index (χ3v) is 6.83. The summed E-state index contributed by atoms with van der Waals surface area (Å²) >= 11 is 0. The van der Waals surface area contributed by atoms with Crippen molar-refractivity contribution in [3.8, 4) is 5.75 Å². The van der Waals surface area contributed by atoms with Crippen LogP contribution >= 0.6 is 0 Å². The number of likely N-dealkylation sites (N-methyl/N-ethyl adjacent to an activating group) is 1. The van der Waals surface area contributed by atoms with Gasteiger partial charge in [0.05, 0.1) is 7.11 Å². The lowest BCUT2D eigenvalue weighted by Crippen LogP contribution is -2.48. The first-order valence-corrected chi connectivity index (χ1v) is 13.3. The van der Waals surface area contributed by atoms with Crippen molar-refractivity contribution in [3.05, 3.63) is 70.8 Å². The van der Waals surface area contributed by atoms with Crippen molar-refractivity contribution in [1.29, 1.82) is 0 Å². The monoisotopic (exact) mass is 525 g/mol. The van der Waals surface area contributed by atoms with Crippen molar-refractivity contribution >= 4 is 17.4 Å². The molecule has 7 heteroatoms. The number of ether oxygens (including phenoxy) is 2. The van der Waals surface area contributed by atoms with E-state index in [1.165, 1.54) is 21.6 Å². The molecule has 2 N–H and O–H groups in total. The maximum Gasteiger partial charge on any atom is 0.335 e. The molecule has 1 amide bonds. The van der Waals surface area contributed by atoms with E-state index in [2.05, 4.69) is 38.1 Å². The summed E-state index contributed by atoms with van der Waals surface area (Å²) in [5.41, 5.74) is 6.07. The van der Waals surface area contributed by atoms with E-state index in [1.807, 2.05) is 31.2 Å². The highest BCUT2D eigenvalue weighted by molar-refractivity contribution is 5.87. The first-order chi connectivity index (χ1) is 18.1. The van der Waals surface area contributed by atoms with Gasteiger partial charge in [0, 0.05) is 20.2 Å². The second-order valence-corrected chi connectivity index (χ2v) is 9.82. The lowest BCUT2D eigenvalue weighted by atomic mass is 10.0. The summed E-state index contributed by atoms with van der Waals surface area (Å²) < 4.78 is 10.8. The van der Waals surface area contributed by atoms with Gasteiger partial charge in [0.1, 0.15) is 5.75 Å². The number of unbranched alkanes of at least 4 members (excludes halogenated alkanes) is 3. The van der Waals surface area contributed by atoms with Crippen molar-refractivity contribution in [3.63, 3.8) is 0 Å². The standard InChI is InChI=1S/C31H43NO6/c1-22-13-14-25(21-24(22)3)12-7-6-10-20-38-29(28(33)31(35)36)30(34)32(4)19-9-8-11-23(2)26-15-17-27(37-5)18-16-26/h11,13-18,21,28-29,33H,6-10,12,19-20H2,1-5H3,(H,35,36). The lowest BCUT2D eigenvalue weighted by Gasteiger charge is -2.25. The zero-order valence-electron chi connectivity index (χ0n) is 23.4. The number of benzene rings is 2. The van der Waals surface area contributed by atoms with Crippen LogP contribution in [0.15, 0.2) is 48.5 Å². The van der Waals surface area contributed by atoms with Crippen molar-refractivity contribution in [1.82, 2.24) is 4.90 Å². The number of amides is 1. The molecule has 208 valence electrons. The zero-order chi connectivity index (χ0) is 28.1. The zero-order valence-corrected chi connectivity index (χ0v) is 23.4. The number of rotatable bonds is 16. The van der Waals surface area contributed by atoms with Crippen LogP contribution in [0.5, 0.6) is 5.75 Å². The van der Waals surface area contributed by atoms with Crippen LogP contribution in [0.1, 0.15) is 61.3 Å². The Labute approximate surface area is 227 Å². The number of carboxylic acids is 1. The minimum atomic E-state index is -1.90. The third kappa shape index (κ3) is 9.95. The highest BCUT2D eigenvalue weighted by Crippen LogP contribution is 2.19. The summed E-state index contributed by atoms with van der Waals surface area (Å²) in [5, 5.41) is 19.4. The minimum absolute atomic E-state index is 0.214. The Kier molecular flexibility index (Phi) is 13.0. The molecular weight excluding hydrogens is 482 g/mol. The Morgan fingerprint density at radius 3 is 2.34 bits per heavy atom. The molecule has 2 atom stereocenters. The number of aliphatic carboxylic acids is 1. The summed E-state index contributed by atoms with van der Waals surface area (Å²) in [6.07, 6.45) is 3.72. The Hall–Kier alpha value is -3.16. The van der Waals surface area contributed by atoms with Gasteiger partial charge < -0.3 is 24.6 Å². The minimum Gasteiger partial charge on any atom is -0.497 e. The number of nitrogens with zero attached hydrogens (tertiary/aromatic N) is 1. The van der Waals surface area contributed by atoms with Gasteiger partial charge in [0.2, 0.25) is 0 Å². The molecule has 2 rings (SSSR count). The van der Waals surface area contributed by atoms with Crippen molar-refractivity contribution in [2.24, 2.45) is 0 Å². The molecule has 0 heterocycles. The summed E-state index contributed by atoms with van der Waals surface area (Å²) in [4.78, 5) is 25.8. The summed E-state index contributed by atoms with van der Waals surface area (Å²) in [7, 11) is 3.24. The van der Waals surface area contributed by atoms with Gasteiger partial charge in [-0.1, -0.05) is 42.8 Å². The van der Waals surface area contributed by atoms with Crippen molar-refractivity contribution < 1.29 is 29.3 Å². The lowest BCUT2D eigenvalue weighted by molar-refractivity contribution is -0.166. The normalized spacial score (nSPS) is 13.2. The predicted octanol–water partition coefficient (Wildman–Crippen LogP) is 5.20. The molecule has 0 aliphatic rings. The van der Waals surface area contributed by atoms with Gasteiger partial charge in [-0.25, -0.2) is 4.79 Å². The summed E-state index contributed by atoms with van der Waals surface area (Å²) in [6, 6.07) is 14.3. The van der Waals surface area contributed by atoms with E-state index in [0.717, 1.165) is 42.6 Å². The van der Waals surface area contributed by atoms with Crippen LogP contribution in [0, 0.1) is 13.8 Å². The summed E-state index contributed by atoms with van der Waals surface area (Å²) in [5.74, 6) is -1.19. The molecule has 7 nitrogen and oxygen atoms in total. The van der Waals surface area contributed by atoms with Crippen LogP contribution in [0.3, 0.4) is 0 Å². The van der Waals surface area contributed by atoms with Gasteiger partial charge in [-0.3, -0.25) is 4.79 Å². The molecular formula is C31H43NO6. The van der Waals surface area contributed by atoms with Gasteiger partial charge in [-0.05, 0) is 92.8 Å². The first-order valence-electron chi connectivity index (χ1n) is 13.3. The average Bonchev–Trinajstić information content (AvgIpc) is 2.91. The molecule has 0 bridgehead atoms. The highest BCUT2D eigenvalue weighted by Gasteiger charge is 2.34. The van der Waals surface area contributed by atoms with Crippen LogP contribution in [0.4, 0.5) is 0 Å². The number of carbonyl (C=O) groups is 2. The largest absolute Gasteiger partial charge is 0.497 e. The number of aliphatic hydroxyl groups is 1. The van der Waals surface area contributed by atoms with Crippen LogP contribution < -0.4 is 4.74 Å². The predicted molar refractivity (Wildman–Crippen MR) is 150 cm³/mol. The maximum absolute atomic E-state index is 12.9. The molecule has 2 aromatic rings. The fourth-order valence-electron chi connectivity index (χ4n) is 4.15. The number of hydrogen-bond donors (Lipinski definition) is 2. The Morgan fingerprint density at radius 1 is 1.00 bits per heavy atom. The number of carbonyl (C=O) groups excluding carboxylic acids is 1. The van der Waals surface area contributed by atoms with Gasteiger partial charge in [-0.2, -0.15) is 0 Å².